The predicted molar refractivity (Wildman–Crippen MR) is 175 cm³/mol. The van der Waals surface area contributed by atoms with Gasteiger partial charge in [0.1, 0.15) is 18.1 Å². The number of amides is 4. The Bertz CT molecular complexity index is 1410. The van der Waals surface area contributed by atoms with E-state index in [0.717, 1.165) is 22.0 Å². The third kappa shape index (κ3) is 9.21. The van der Waals surface area contributed by atoms with E-state index in [0.29, 0.717) is 19.4 Å². The Morgan fingerprint density at radius 3 is 2.42 bits per heavy atom. The summed E-state index contributed by atoms with van der Waals surface area (Å²) in [6.45, 7) is 14.9. The Morgan fingerprint density at radius 1 is 1.04 bits per heavy atom. The maximum atomic E-state index is 13.3. The molecule has 11 heteroatoms. The van der Waals surface area contributed by atoms with Crippen LogP contribution in [0.15, 0.2) is 49.2 Å². The van der Waals surface area contributed by atoms with Gasteiger partial charge in [-0.25, -0.2) is 5.43 Å². The Balaban J connectivity index is 1.59. The van der Waals surface area contributed by atoms with E-state index < -0.39 is 36.1 Å². The van der Waals surface area contributed by atoms with Gasteiger partial charge in [0.15, 0.2) is 0 Å². The third-order valence-corrected chi connectivity index (χ3v) is 8.14. The molecule has 1 saturated heterocycles. The molecule has 1 aliphatic rings. The number of methoxy groups -OCH3 is 1. The van der Waals surface area contributed by atoms with E-state index >= 15 is 0 Å². The molecule has 0 radical (unpaired) electrons. The molecule has 1 aromatic heterocycles. The number of allylic oxidation sites excluding steroid dienone is 1. The van der Waals surface area contributed by atoms with E-state index in [2.05, 4.69) is 32.9 Å². The lowest BCUT2D eigenvalue weighted by molar-refractivity contribution is -0.143. The summed E-state index contributed by atoms with van der Waals surface area (Å²) in [4.78, 5) is 57.0. The highest BCUT2D eigenvalue weighted by Crippen LogP contribution is 2.22. The standard InChI is InChI=1S/C34H48N6O5/c1-9-12-29(45-8)21(5)31(41)38-30(20(3)4)33(43)37-23(7)34(44)40-16-11-13-28(39-40)32(42)36-22(6)24-14-15-25-19-35-27(10-2)18-26(25)17-24/h9-10,12,14-15,17-23,28-30,39H,2,11,13,16H2,1,3-8H3,(H,36,42)(H,37,43)(H,38,41). The van der Waals surface area contributed by atoms with E-state index in [1.807, 2.05) is 58.0 Å². The monoisotopic (exact) mass is 620 g/mol. The van der Waals surface area contributed by atoms with Gasteiger partial charge in [0.25, 0.3) is 5.91 Å². The molecule has 45 heavy (non-hydrogen) atoms. The summed E-state index contributed by atoms with van der Waals surface area (Å²) < 4.78 is 5.39. The number of carbonyl (C=O) groups is 4. The molecule has 1 aliphatic heterocycles. The Labute approximate surface area is 266 Å². The number of fused-ring (bicyclic) bond motifs is 1. The zero-order valence-corrected chi connectivity index (χ0v) is 27.4. The van der Waals surface area contributed by atoms with E-state index in [9.17, 15) is 19.2 Å². The highest BCUT2D eigenvalue weighted by molar-refractivity contribution is 5.93. The van der Waals surface area contributed by atoms with E-state index in [1.165, 1.54) is 12.1 Å². The van der Waals surface area contributed by atoms with Crippen LogP contribution in [0.5, 0.6) is 0 Å². The first-order chi connectivity index (χ1) is 21.4. The predicted octanol–water partition coefficient (Wildman–Crippen LogP) is 3.42. The van der Waals surface area contributed by atoms with E-state index in [4.69, 9.17) is 4.74 Å². The van der Waals surface area contributed by atoms with Crippen LogP contribution in [0, 0.1) is 11.8 Å². The molecule has 4 N–H and O–H groups in total. The molecule has 2 aromatic rings. The van der Waals surface area contributed by atoms with Crippen molar-refractivity contribution < 1.29 is 23.9 Å². The second-order valence-electron chi connectivity index (χ2n) is 11.9. The average molecular weight is 621 g/mol. The summed E-state index contributed by atoms with van der Waals surface area (Å²) >= 11 is 0. The van der Waals surface area contributed by atoms with Gasteiger partial charge in [-0.2, -0.15) is 0 Å². The number of nitrogens with one attached hydrogen (secondary N) is 4. The van der Waals surface area contributed by atoms with E-state index in [-0.39, 0.29) is 29.7 Å². The number of rotatable bonds is 13. The molecule has 0 saturated carbocycles. The van der Waals surface area contributed by atoms with Gasteiger partial charge in [-0.15, -0.1) is 0 Å². The summed E-state index contributed by atoms with van der Waals surface area (Å²) in [6, 6.07) is 5.30. The van der Waals surface area contributed by atoms with Crippen molar-refractivity contribution in [1.29, 1.82) is 0 Å². The first-order valence-electron chi connectivity index (χ1n) is 15.6. The minimum atomic E-state index is -0.886. The molecule has 4 amide bonds. The fourth-order valence-corrected chi connectivity index (χ4v) is 5.30. The van der Waals surface area contributed by atoms with Gasteiger partial charge in [-0.1, -0.05) is 51.6 Å². The Kier molecular flexibility index (Phi) is 12.8. The Morgan fingerprint density at radius 2 is 1.78 bits per heavy atom. The van der Waals surface area contributed by atoms with Crippen LogP contribution in [0.3, 0.4) is 0 Å². The summed E-state index contributed by atoms with van der Waals surface area (Å²) in [5.41, 5.74) is 4.77. The largest absolute Gasteiger partial charge is 0.377 e. The zero-order valence-electron chi connectivity index (χ0n) is 27.4. The number of hydrazine groups is 1. The number of pyridine rings is 1. The molecule has 1 aromatic carbocycles. The molecule has 0 spiro atoms. The minimum Gasteiger partial charge on any atom is -0.377 e. The Hall–Kier alpha value is -4.09. The maximum absolute atomic E-state index is 13.3. The molecular weight excluding hydrogens is 572 g/mol. The topological polar surface area (TPSA) is 142 Å². The van der Waals surface area contributed by atoms with Crippen LogP contribution in [0.25, 0.3) is 16.8 Å². The van der Waals surface area contributed by atoms with Crippen molar-refractivity contribution in [3.05, 3.63) is 60.5 Å². The molecule has 6 atom stereocenters. The number of nitrogens with zero attached hydrogens (tertiary/aromatic N) is 2. The molecular formula is C34H48N6O5. The fraction of sp³-hybridized carbons (Fsp3) is 0.500. The fourth-order valence-electron chi connectivity index (χ4n) is 5.30. The highest BCUT2D eigenvalue weighted by Gasteiger charge is 2.34. The molecule has 6 unspecified atom stereocenters. The van der Waals surface area contributed by atoms with Crippen molar-refractivity contribution >= 4 is 40.5 Å². The van der Waals surface area contributed by atoms with E-state index in [1.54, 1.807) is 32.2 Å². The quantitative estimate of drug-likeness (QED) is 0.252. The average Bonchev–Trinajstić information content (AvgIpc) is 3.04. The highest BCUT2D eigenvalue weighted by atomic mass is 16.5. The van der Waals surface area contributed by atoms with Crippen molar-refractivity contribution in [2.24, 2.45) is 11.8 Å². The van der Waals surface area contributed by atoms with Gasteiger partial charge in [0.05, 0.1) is 23.8 Å². The van der Waals surface area contributed by atoms with Crippen LogP contribution in [0.4, 0.5) is 0 Å². The first-order valence-corrected chi connectivity index (χ1v) is 15.6. The summed E-state index contributed by atoms with van der Waals surface area (Å²) in [5.74, 6) is -2.12. The van der Waals surface area contributed by atoms with Crippen molar-refractivity contribution in [2.45, 2.75) is 84.7 Å². The number of hydrogen-bond acceptors (Lipinski definition) is 7. The third-order valence-electron chi connectivity index (χ3n) is 8.14. The number of carbonyl (C=O) groups excluding carboxylic acids is 4. The summed E-state index contributed by atoms with van der Waals surface area (Å²) in [7, 11) is 1.53. The van der Waals surface area contributed by atoms with Crippen molar-refractivity contribution in [3.63, 3.8) is 0 Å². The lowest BCUT2D eigenvalue weighted by Crippen LogP contribution is -2.62. The van der Waals surface area contributed by atoms with Gasteiger partial charge in [0, 0.05) is 25.2 Å². The van der Waals surface area contributed by atoms with Crippen LogP contribution in [-0.4, -0.2) is 71.5 Å². The molecule has 1 fully saturated rings. The smallest absolute Gasteiger partial charge is 0.258 e. The van der Waals surface area contributed by atoms with Crippen LogP contribution < -0.4 is 21.4 Å². The molecule has 11 nitrogen and oxygen atoms in total. The molecule has 3 rings (SSSR count). The van der Waals surface area contributed by atoms with Crippen LogP contribution >= 0.6 is 0 Å². The van der Waals surface area contributed by atoms with Gasteiger partial charge < -0.3 is 20.7 Å². The van der Waals surface area contributed by atoms with Gasteiger partial charge in [-0.3, -0.25) is 29.2 Å². The van der Waals surface area contributed by atoms with Crippen LogP contribution in [-0.2, 0) is 23.9 Å². The number of ether oxygens (including phenoxy) is 1. The van der Waals surface area contributed by atoms with Gasteiger partial charge in [-0.05, 0) is 68.7 Å². The molecule has 0 aliphatic carbocycles. The van der Waals surface area contributed by atoms with Crippen molar-refractivity contribution in [3.8, 4) is 0 Å². The van der Waals surface area contributed by atoms with Crippen LogP contribution in [0.2, 0.25) is 0 Å². The number of hydrogen-bond donors (Lipinski definition) is 4. The molecule has 244 valence electrons. The SMILES string of the molecule is C=Cc1cc2cc(C(C)NC(=O)C3CCCN(C(=O)C(C)NC(=O)C(NC(=O)C(C)C(C=CC)OC)C(C)C)N3)ccc2cn1. The van der Waals surface area contributed by atoms with Crippen LogP contribution in [0.1, 0.15) is 71.7 Å². The van der Waals surface area contributed by atoms with Crippen molar-refractivity contribution in [1.82, 2.24) is 31.4 Å². The summed E-state index contributed by atoms with van der Waals surface area (Å²) in [6.07, 6.45) is 7.83. The normalized spacial score (nSPS) is 18.6. The number of aromatic nitrogens is 1. The van der Waals surface area contributed by atoms with Crippen molar-refractivity contribution in [2.75, 3.05) is 13.7 Å². The zero-order chi connectivity index (χ0) is 33.3. The lowest BCUT2D eigenvalue weighted by Gasteiger charge is -2.35. The minimum absolute atomic E-state index is 0.220. The van der Waals surface area contributed by atoms with Gasteiger partial charge >= 0.3 is 0 Å². The second-order valence-corrected chi connectivity index (χ2v) is 11.9. The number of benzene rings is 1. The van der Waals surface area contributed by atoms with Gasteiger partial charge in [0.2, 0.25) is 17.7 Å². The second kappa shape index (κ2) is 16.3. The molecule has 0 bridgehead atoms. The first kappa shape index (κ1) is 35.4. The molecule has 2 heterocycles. The maximum Gasteiger partial charge on any atom is 0.258 e. The lowest BCUT2D eigenvalue weighted by atomic mass is 9.99. The summed E-state index contributed by atoms with van der Waals surface area (Å²) in [5, 5.41) is 12.0.